The molecule has 0 spiro atoms. The van der Waals surface area contributed by atoms with Gasteiger partial charge in [-0.25, -0.2) is 9.78 Å². The fraction of sp³-hybridized carbons (Fsp3) is 0.381. The lowest BCUT2D eigenvalue weighted by Crippen LogP contribution is -2.13. The molecule has 0 unspecified atom stereocenters. The normalized spacial score (nSPS) is 16.0. The van der Waals surface area contributed by atoms with Crippen LogP contribution in [0.1, 0.15) is 88.2 Å². The largest absolute Gasteiger partial charge is 0.493 e. The van der Waals surface area contributed by atoms with Gasteiger partial charge in [0, 0.05) is 24.7 Å². The van der Waals surface area contributed by atoms with Crippen LogP contribution in [0.25, 0.3) is 9.53 Å². The van der Waals surface area contributed by atoms with Gasteiger partial charge in [0.1, 0.15) is 15.6 Å². The number of esters is 1. The molecule has 1 aliphatic carbocycles. The van der Waals surface area contributed by atoms with E-state index in [-0.39, 0.29) is 0 Å². The summed E-state index contributed by atoms with van der Waals surface area (Å²) >= 11 is 3.01. The van der Waals surface area contributed by atoms with Gasteiger partial charge >= 0.3 is 5.97 Å². The van der Waals surface area contributed by atoms with Crippen LogP contribution in [0, 0.1) is 5.92 Å². The van der Waals surface area contributed by atoms with Gasteiger partial charge in [0.25, 0.3) is 0 Å². The second kappa shape index (κ2) is 19.9. The first-order valence-corrected chi connectivity index (χ1v) is 20.4. The number of hydrogen-bond donors (Lipinski definition) is 1. The number of carbonyl (C=O) groups is 1. The molecule has 2 aromatic heterocycles. The SMILES string of the molecule is C=CC(=O)OCCCOc1ccc(CNc2ccc(N=Nc3nc4sc(N=Nc5ccc(C6CCC(CCCCCC)CC6)cc5)cc4s3)cc2)cc1. The van der Waals surface area contributed by atoms with Crippen LogP contribution in [0.5, 0.6) is 5.75 Å². The molecule has 276 valence electrons. The zero-order chi connectivity index (χ0) is 36.7. The number of benzene rings is 3. The van der Waals surface area contributed by atoms with Crippen LogP contribution in [0.4, 0.5) is 27.2 Å². The molecule has 0 amide bonds. The van der Waals surface area contributed by atoms with Crippen LogP contribution in [-0.4, -0.2) is 24.2 Å². The van der Waals surface area contributed by atoms with Gasteiger partial charge < -0.3 is 14.8 Å². The Labute approximate surface area is 320 Å². The number of unbranched alkanes of at least 4 members (excludes halogenated alkanes) is 3. The summed E-state index contributed by atoms with van der Waals surface area (Å²) < 4.78 is 11.7. The van der Waals surface area contributed by atoms with Crippen molar-refractivity contribution in [3.63, 3.8) is 0 Å². The Morgan fingerprint density at radius 2 is 1.58 bits per heavy atom. The molecular weight excluding hydrogens is 701 g/mol. The molecule has 0 radical (unpaired) electrons. The third-order valence-electron chi connectivity index (χ3n) is 9.51. The van der Waals surface area contributed by atoms with Gasteiger partial charge in [0.05, 0.1) is 29.3 Å². The Kier molecular flexibility index (Phi) is 14.3. The maximum Gasteiger partial charge on any atom is 0.330 e. The fourth-order valence-electron chi connectivity index (χ4n) is 6.50. The van der Waals surface area contributed by atoms with Gasteiger partial charge in [-0.2, -0.15) is 0 Å². The maximum atomic E-state index is 11.1. The van der Waals surface area contributed by atoms with Crippen molar-refractivity contribution in [2.75, 3.05) is 18.5 Å². The molecule has 1 fully saturated rings. The summed E-state index contributed by atoms with van der Waals surface area (Å²) in [5.41, 5.74) is 5.17. The molecule has 1 N–H and O–H groups in total. The molecule has 11 heteroatoms. The van der Waals surface area contributed by atoms with Gasteiger partial charge in [-0.05, 0) is 103 Å². The number of thiophene rings is 1. The number of fused-ring (bicyclic) bond motifs is 1. The minimum Gasteiger partial charge on any atom is -0.493 e. The van der Waals surface area contributed by atoms with Crippen molar-refractivity contribution in [2.45, 2.75) is 83.6 Å². The zero-order valence-corrected chi connectivity index (χ0v) is 32.0. The zero-order valence-electron chi connectivity index (χ0n) is 30.4. The molecule has 6 rings (SSSR count). The van der Waals surface area contributed by atoms with Crippen LogP contribution < -0.4 is 10.1 Å². The highest BCUT2D eigenvalue weighted by atomic mass is 32.1. The quantitative estimate of drug-likeness (QED) is 0.0391. The van der Waals surface area contributed by atoms with Gasteiger partial charge in [0.15, 0.2) is 0 Å². The minimum absolute atomic E-state index is 0.307. The molecular formula is C42H48N6O3S2. The standard InChI is InChI=1S/C42H48N6O3S2/c1-3-5-6-7-9-30-10-14-32(15-11-30)33-16-18-35(19-17-33)45-47-39-28-38-41(53-39)44-42(52-38)48-46-36-22-20-34(21-23-36)43-29-31-12-24-37(25-13-31)50-26-8-27-51-40(49)4-2/h4,12-13,16-25,28,30,32,43H,2-3,5-11,14-15,26-27,29H2,1H3. The average molecular weight is 749 g/mol. The van der Waals surface area contributed by atoms with Gasteiger partial charge in [-0.1, -0.05) is 92.5 Å². The van der Waals surface area contributed by atoms with E-state index in [2.05, 4.69) is 68.5 Å². The number of hydrogen-bond acceptors (Lipinski definition) is 11. The smallest absolute Gasteiger partial charge is 0.330 e. The van der Waals surface area contributed by atoms with E-state index < -0.39 is 5.97 Å². The van der Waals surface area contributed by atoms with Crippen molar-refractivity contribution in [1.29, 1.82) is 0 Å². The highest BCUT2D eigenvalue weighted by Crippen LogP contribution is 2.40. The van der Waals surface area contributed by atoms with Crippen LogP contribution in [0.15, 0.2) is 112 Å². The number of aromatic nitrogens is 1. The summed E-state index contributed by atoms with van der Waals surface area (Å²) in [5, 5.41) is 22.7. The Morgan fingerprint density at radius 1 is 0.849 bits per heavy atom. The minimum atomic E-state index is -0.419. The molecule has 0 saturated heterocycles. The van der Waals surface area contributed by atoms with Crippen molar-refractivity contribution >= 4 is 65.4 Å². The van der Waals surface area contributed by atoms with E-state index >= 15 is 0 Å². The number of anilines is 1. The predicted octanol–water partition coefficient (Wildman–Crippen LogP) is 13.5. The number of thiazole rings is 1. The van der Waals surface area contributed by atoms with E-state index in [9.17, 15) is 4.79 Å². The van der Waals surface area contributed by atoms with Crippen molar-refractivity contribution in [3.05, 3.63) is 103 Å². The summed E-state index contributed by atoms with van der Waals surface area (Å²) in [6, 6.07) is 26.4. The summed E-state index contributed by atoms with van der Waals surface area (Å²) in [5.74, 6) is 1.96. The lowest BCUT2D eigenvalue weighted by molar-refractivity contribution is -0.137. The Balaban J connectivity index is 0.916. The van der Waals surface area contributed by atoms with E-state index in [0.717, 1.165) is 54.9 Å². The molecule has 0 atom stereocenters. The molecule has 0 bridgehead atoms. The third kappa shape index (κ3) is 11.9. The first-order valence-electron chi connectivity index (χ1n) is 18.7. The van der Waals surface area contributed by atoms with Crippen molar-refractivity contribution in [2.24, 2.45) is 26.4 Å². The Morgan fingerprint density at radius 3 is 2.30 bits per heavy atom. The molecule has 2 heterocycles. The van der Waals surface area contributed by atoms with E-state index in [1.54, 1.807) is 0 Å². The molecule has 53 heavy (non-hydrogen) atoms. The Hall–Kier alpha value is -4.74. The Bertz CT molecular complexity index is 1910. The van der Waals surface area contributed by atoms with E-state index in [4.69, 9.17) is 9.47 Å². The van der Waals surface area contributed by atoms with Crippen molar-refractivity contribution in [3.8, 4) is 5.75 Å². The topological polar surface area (TPSA) is 110 Å². The second-order valence-corrected chi connectivity index (χ2v) is 15.4. The summed E-state index contributed by atoms with van der Waals surface area (Å²) in [4.78, 5) is 16.6. The lowest BCUT2D eigenvalue weighted by Gasteiger charge is -2.29. The first-order chi connectivity index (χ1) is 26.0. The predicted molar refractivity (Wildman–Crippen MR) is 217 cm³/mol. The fourth-order valence-corrected chi connectivity index (χ4v) is 8.35. The number of azo groups is 2. The second-order valence-electron chi connectivity index (χ2n) is 13.4. The molecule has 1 saturated carbocycles. The number of ether oxygens (including phenoxy) is 2. The summed E-state index contributed by atoms with van der Waals surface area (Å²) in [6.45, 7) is 7.11. The molecule has 1 aliphatic rings. The number of nitrogens with one attached hydrogen (secondary N) is 1. The summed E-state index contributed by atoms with van der Waals surface area (Å²) in [7, 11) is 0. The van der Waals surface area contributed by atoms with Crippen LogP contribution in [0.2, 0.25) is 0 Å². The van der Waals surface area contributed by atoms with E-state index in [1.165, 1.54) is 86.0 Å². The lowest BCUT2D eigenvalue weighted by atomic mass is 9.77. The highest BCUT2D eigenvalue weighted by molar-refractivity contribution is 7.30. The maximum absolute atomic E-state index is 11.1. The molecule has 3 aromatic carbocycles. The monoisotopic (exact) mass is 748 g/mol. The molecule has 5 aromatic rings. The van der Waals surface area contributed by atoms with Crippen LogP contribution >= 0.6 is 22.7 Å². The number of nitrogens with zero attached hydrogens (tertiary/aromatic N) is 5. The molecule has 0 aliphatic heterocycles. The van der Waals surface area contributed by atoms with E-state index in [0.29, 0.717) is 37.2 Å². The van der Waals surface area contributed by atoms with Gasteiger partial charge in [-0.3, -0.25) is 0 Å². The van der Waals surface area contributed by atoms with Crippen LogP contribution in [-0.2, 0) is 16.1 Å². The van der Waals surface area contributed by atoms with E-state index in [1.807, 2.05) is 54.6 Å². The highest BCUT2D eigenvalue weighted by Gasteiger charge is 2.22. The summed E-state index contributed by atoms with van der Waals surface area (Å²) in [6.07, 6.45) is 14.0. The van der Waals surface area contributed by atoms with Gasteiger partial charge in [-0.15, -0.1) is 20.5 Å². The average Bonchev–Trinajstić information content (AvgIpc) is 3.77. The van der Waals surface area contributed by atoms with Crippen molar-refractivity contribution < 1.29 is 14.3 Å². The number of carbonyl (C=O) groups excluding carboxylic acids is 1. The number of rotatable bonds is 19. The van der Waals surface area contributed by atoms with Gasteiger partial charge in [0.2, 0.25) is 5.13 Å². The van der Waals surface area contributed by atoms with Crippen molar-refractivity contribution in [1.82, 2.24) is 4.98 Å². The first kappa shape index (κ1) is 38.0. The molecule has 9 nitrogen and oxygen atoms in total. The third-order valence-corrected chi connectivity index (χ3v) is 11.4. The van der Waals surface area contributed by atoms with Crippen LogP contribution in [0.3, 0.4) is 0 Å².